The summed E-state index contributed by atoms with van der Waals surface area (Å²) in [4.78, 5) is 16.5. The van der Waals surface area contributed by atoms with Gasteiger partial charge in [0.2, 0.25) is 0 Å². The lowest BCUT2D eigenvalue weighted by Gasteiger charge is -2.07. The van der Waals surface area contributed by atoms with Crippen molar-refractivity contribution < 1.29 is 19.4 Å². The third-order valence-electron chi connectivity index (χ3n) is 3.92. The van der Waals surface area contributed by atoms with E-state index < -0.39 is 5.97 Å². The predicted molar refractivity (Wildman–Crippen MR) is 104 cm³/mol. The first-order valence-electron chi connectivity index (χ1n) is 8.35. The zero-order valence-electron chi connectivity index (χ0n) is 15.0. The van der Waals surface area contributed by atoms with E-state index in [9.17, 15) is 9.90 Å². The summed E-state index contributed by atoms with van der Waals surface area (Å²) in [6, 6.07) is 19.0. The van der Waals surface area contributed by atoms with Crippen molar-refractivity contribution in [1.82, 2.24) is 0 Å². The Kier molecular flexibility index (Phi) is 5.52. The van der Waals surface area contributed by atoms with Crippen LogP contribution in [0.5, 0.6) is 17.2 Å². The van der Waals surface area contributed by atoms with Crippen molar-refractivity contribution in [3.8, 4) is 17.2 Å². The Morgan fingerprint density at radius 2 is 1.63 bits per heavy atom. The van der Waals surface area contributed by atoms with Gasteiger partial charge in [-0.2, -0.15) is 0 Å². The highest BCUT2D eigenvalue weighted by molar-refractivity contribution is 5.91. The SMILES string of the molecule is COc1ccc(C(=O)Oc2ccc(C=Nc3ccc(C)cc3)c(O)c2)cc1. The molecule has 0 aliphatic carbocycles. The zero-order chi connectivity index (χ0) is 19.2. The van der Waals surface area contributed by atoms with Crippen LogP contribution in [0, 0.1) is 6.92 Å². The number of carbonyl (C=O) groups is 1. The normalized spacial score (nSPS) is 10.7. The molecule has 0 saturated heterocycles. The molecule has 0 aliphatic rings. The maximum absolute atomic E-state index is 12.2. The van der Waals surface area contributed by atoms with Crippen LogP contribution in [0.4, 0.5) is 5.69 Å². The molecule has 27 heavy (non-hydrogen) atoms. The molecule has 3 aromatic carbocycles. The number of phenolic OH excluding ortho intramolecular Hbond substituents is 1. The second-order valence-electron chi connectivity index (χ2n) is 5.93. The van der Waals surface area contributed by atoms with E-state index in [0.29, 0.717) is 16.9 Å². The molecule has 0 spiro atoms. The van der Waals surface area contributed by atoms with Crippen LogP contribution in [0.15, 0.2) is 71.7 Å². The summed E-state index contributed by atoms with van der Waals surface area (Å²) in [5.41, 5.74) is 2.86. The molecule has 3 aromatic rings. The Morgan fingerprint density at radius 3 is 2.26 bits per heavy atom. The smallest absolute Gasteiger partial charge is 0.343 e. The molecule has 136 valence electrons. The number of carbonyl (C=O) groups excluding carboxylic acids is 1. The van der Waals surface area contributed by atoms with Gasteiger partial charge in [0.1, 0.15) is 17.2 Å². The molecule has 1 N–H and O–H groups in total. The van der Waals surface area contributed by atoms with Gasteiger partial charge in [0, 0.05) is 17.8 Å². The maximum Gasteiger partial charge on any atom is 0.343 e. The zero-order valence-corrected chi connectivity index (χ0v) is 15.0. The van der Waals surface area contributed by atoms with Gasteiger partial charge >= 0.3 is 5.97 Å². The summed E-state index contributed by atoms with van der Waals surface area (Å²) in [7, 11) is 1.56. The van der Waals surface area contributed by atoms with Gasteiger partial charge in [0.25, 0.3) is 0 Å². The molecule has 0 radical (unpaired) electrons. The van der Waals surface area contributed by atoms with Gasteiger partial charge in [-0.15, -0.1) is 0 Å². The van der Waals surface area contributed by atoms with E-state index in [1.165, 1.54) is 6.07 Å². The Labute approximate surface area is 157 Å². The number of ether oxygens (including phenoxy) is 2. The lowest BCUT2D eigenvalue weighted by atomic mass is 10.2. The second-order valence-corrected chi connectivity index (χ2v) is 5.93. The van der Waals surface area contributed by atoms with Crippen LogP contribution < -0.4 is 9.47 Å². The van der Waals surface area contributed by atoms with Gasteiger partial charge in [-0.25, -0.2) is 4.79 Å². The van der Waals surface area contributed by atoms with E-state index in [4.69, 9.17) is 9.47 Å². The molecule has 0 unspecified atom stereocenters. The number of rotatable bonds is 5. The summed E-state index contributed by atoms with van der Waals surface area (Å²) in [6.07, 6.45) is 1.56. The molecule has 5 heteroatoms. The minimum atomic E-state index is -0.516. The average Bonchev–Trinajstić information content (AvgIpc) is 2.68. The van der Waals surface area contributed by atoms with Gasteiger partial charge < -0.3 is 14.6 Å². The van der Waals surface area contributed by atoms with Gasteiger partial charge in [-0.3, -0.25) is 4.99 Å². The third-order valence-corrected chi connectivity index (χ3v) is 3.92. The number of benzene rings is 3. The fourth-order valence-electron chi connectivity index (χ4n) is 2.36. The fraction of sp³-hybridized carbons (Fsp3) is 0.0909. The molecule has 0 saturated carbocycles. The van der Waals surface area contributed by atoms with Crippen LogP contribution in [-0.2, 0) is 0 Å². The van der Waals surface area contributed by atoms with Crippen LogP contribution in [0.1, 0.15) is 21.5 Å². The number of phenols is 1. The number of aliphatic imine (C=N–C) groups is 1. The average molecular weight is 361 g/mol. The Balaban J connectivity index is 1.70. The van der Waals surface area contributed by atoms with Crippen molar-refractivity contribution >= 4 is 17.9 Å². The molecule has 3 rings (SSSR count). The molecular weight excluding hydrogens is 342 g/mol. The summed E-state index contributed by atoms with van der Waals surface area (Å²) >= 11 is 0. The summed E-state index contributed by atoms with van der Waals surface area (Å²) in [6.45, 7) is 2.01. The van der Waals surface area contributed by atoms with Crippen molar-refractivity contribution in [3.05, 3.63) is 83.4 Å². The van der Waals surface area contributed by atoms with E-state index >= 15 is 0 Å². The van der Waals surface area contributed by atoms with Crippen molar-refractivity contribution in [2.45, 2.75) is 6.92 Å². The van der Waals surface area contributed by atoms with Crippen LogP contribution in [0.25, 0.3) is 0 Å². The van der Waals surface area contributed by atoms with E-state index in [2.05, 4.69) is 4.99 Å². The maximum atomic E-state index is 12.2. The molecule has 0 aliphatic heterocycles. The predicted octanol–water partition coefficient (Wildman–Crippen LogP) is 4.68. The quantitative estimate of drug-likeness (QED) is 0.407. The van der Waals surface area contributed by atoms with Crippen LogP contribution in [0.2, 0.25) is 0 Å². The Bertz CT molecular complexity index is 961. The molecule has 5 nitrogen and oxygen atoms in total. The van der Waals surface area contributed by atoms with E-state index in [1.54, 1.807) is 49.7 Å². The minimum Gasteiger partial charge on any atom is -0.507 e. The molecule has 0 heterocycles. The first-order valence-corrected chi connectivity index (χ1v) is 8.35. The molecule has 0 fully saturated rings. The van der Waals surface area contributed by atoms with Crippen molar-refractivity contribution in [2.75, 3.05) is 7.11 Å². The largest absolute Gasteiger partial charge is 0.507 e. The van der Waals surface area contributed by atoms with Gasteiger partial charge in [0.15, 0.2) is 0 Å². The Hall–Kier alpha value is -3.60. The minimum absolute atomic E-state index is 0.0223. The number of hydrogen-bond acceptors (Lipinski definition) is 5. The number of methoxy groups -OCH3 is 1. The van der Waals surface area contributed by atoms with E-state index in [-0.39, 0.29) is 11.5 Å². The van der Waals surface area contributed by atoms with Gasteiger partial charge in [-0.05, 0) is 55.5 Å². The van der Waals surface area contributed by atoms with Gasteiger partial charge in [-0.1, -0.05) is 17.7 Å². The number of esters is 1. The highest BCUT2D eigenvalue weighted by atomic mass is 16.5. The summed E-state index contributed by atoms with van der Waals surface area (Å²) in [5.74, 6) is 0.367. The lowest BCUT2D eigenvalue weighted by Crippen LogP contribution is -2.08. The molecule has 0 atom stereocenters. The highest BCUT2D eigenvalue weighted by Gasteiger charge is 2.10. The van der Waals surface area contributed by atoms with Crippen LogP contribution in [-0.4, -0.2) is 24.4 Å². The summed E-state index contributed by atoms with van der Waals surface area (Å²) in [5, 5.41) is 10.2. The monoisotopic (exact) mass is 361 g/mol. The van der Waals surface area contributed by atoms with E-state index in [0.717, 1.165) is 11.3 Å². The number of hydrogen-bond donors (Lipinski definition) is 1. The number of aryl methyl sites for hydroxylation is 1. The summed E-state index contributed by atoms with van der Waals surface area (Å²) < 4.78 is 10.4. The standard InChI is InChI=1S/C22H19NO4/c1-15-3-8-18(9-4-15)23-14-17-7-12-20(13-21(17)24)27-22(25)16-5-10-19(26-2)11-6-16/h3-14,24H,1-2H3. The lowest BCUT2D eigenvalue weighted by molar-refractivity contribution is 0.0734. The first kappa shape index (κ1) is 18.2. The topological polar surface area (TPSA) is 68.1 Å². The van der Waals surface area contributed by atoms with Crippen molar-refractivity contribution in [3.63, 3.8) is 0 Å². The third kappa shape index (κ3) is 4.73. The molecule has 0 aromatic heterocycles. The van der Waals surface area contributed by atoms with E-state index in [1.807, 2.05) is 31.2 Å². The van der Waals surface area contributed by atoms with Crippen molar-refractivity contribution in [2.24, 2.45) is 4.99 Å². The molecule has 0 amide bonds. The Morgan fingerprint density at radius 1 is 0.963 bits per heavy atom. The van der Waals surface area contributed by atoms with Gasteiger partial charge in [0.05, 0.1) is 18.4 Å². The number of aromatic hydroxyl groups is 1. The fourth-order valence-corrected chi connectivity index (χ4v) is 2.36. The van der Waals surface area contributed by atoms with Crippen molar-refractivity contribution in [1.29, 1.82) is 0 Å². The highest BCUT2D eigenvalue weighted by Crippen LogP contribution is 2.24. The second kappa shape index (κ2) is 8.19. The van der Waals surface area contributed by atoms with Crippen LogP contribution >= 0.6 is 0 Å². The molecular formula is C22H19NO4. The first-order chi connectivity index (χ1) is 13.0. The molecule has 0 bridgehead atoms. The van der Waals surface area contributed by atoms with Crippen LogP contribution in [0.3, 0.4) is 0 Å². The number of nitrogens with zero attached hydrogens (tertiary/aromatic N) is 1.